The summed E-state index contributed by atoms with van der Waals surface area (Å²) in [6.07, 6.45) is 1.70. The minimum atomic E-state index is -0.180. The Morgan fingerprint density at radius 2 is 1.84 bits per heavy atom. The molecule has 3 aromatic rings. The molecule has 0 spiro atoms. The summed E-state index contributed by atoms with van der Waals surface area (Å²) in [5, 5.41) is 3.43. The minimum absolute atomic E-state index is 0.0840. The molecule has 4 rings (SSSR count). The van der Waals surface area contributed by atoms with Gasteiger partial charge in [-0.25, -0.2) is 9.78 Å². The summed E-state index contributed by atoms with van der Waals surface area (Å²) >= 11 is 0. The number of fused-ring (bicyclic) bond motifs is 1. The smallest absolute Gasteiger partial charge is 0.317 e. The number of likely N-dealkylation sites (tertiary alicyclic amines) is 1. The predicted octanol–water partition coefficient (Wildman–Crippen LogP) is 2.78. The maximum absolute atomic E-state index is 12.7. The van der Waals surface area contributed by atoms with E-state index in [2.05, 4.69) is 15.3 Å². The molecule has 2 N–H and O–H groups in total. The monoisotopic (exact) mass is 434 g/mol. The van der Waals surface area contributed by atoms with Gasteiger partial charge in [0.05, 0.1) is 18.0 Å². The topological polar surface area (TPSA) is 104 Å². The number of aromatic amines is 1. The molecule has 8 nitrogen and oxygen atoms in total. The summed E-state index contributed by atoms with van der Waals surface area (Å²) < 4.78 is 5.14. The third kappa shape index (κ3) is 4.80. The third-order valence-electron chi connectivity index (χ3n) is 5.83. The number of nitrogens with zero attached hydrogens (tertiary/aromatic N) is 2. The van der Waals surface area contributed by atoms with Gasteiger partial charge in [0.15, 0.2) is 5.78 Å². The van der Waals surface area contributed by atoms with Crippen LogP contribution in [0.2, 0.25) is 0 Å². The fourth-order valence-corrected chi connectivity index (χ4v) is 3.99. The molecule has 32 heavy (non-hydrogen) atoms. The van der Waals surface area contributed by atoms with Crippen molar-refractivity contribution in [3.05, 3.63) is 70.3 Å². The highest BCUT2D eigenvalue weighted by atomic mass is 16.5. The first-order valence-corrected chi connectivity index (χ1v) is 10.7. The molecule has 2 heterocycles. The first-order chi connectivity index (χ1) is 15.5. The highest BCUT2D eigenvalue weighted by Gasteiger charge is 2.27. The van der Waals surface area contributed by atoms with Crippen LogP contribution in [-0.4, -0.2) is 53.4 Å². The fourth-order valence-electron chi connectivity index (χ4n) is 3.99. The van der Waals surface area contributed by atoms with Crippen molar-refractivity contribution >= 4 is 22.7 Å². The van der Waals surface area contributed by atoms with E-state index in [1.54, 1.807) is 54.5 Å². The lowest BCUT2D eigenvalue weighted by Gasteiger charge is -2.31. The largest absolute Gasteiger partial charge is 0.497 e. The maximum atomic E-state index is 12.7. The molecule has 0 saturated carbocycles. The standard InChI is InChI=1S/C24H26N4O4/c1-32-18-8-6-16(7-9-18)22(29)17-11-14-28(15-12-17)24(31)25-13-10-21-26-20-5-3-2-4-19(20)23(30)27-21/h2-9,17H,10-15H2,1H3,(H,25,31)(H,26,27,30). The van der Waals surface area contributed by atoms with Crippen LogP contribution in [0, 0.1) is 5.92 Å². The van der Waals surface area contributed by atoms with Gasteiger partial charge in [0, 0.05) is 37.5 Å². The molecular weight excluding hydrogens is 408 g/mol. The zero-order valence-electron chi connectivity index (χ0n) is 18.0. The van der Waals surface area contributed by atoms with Crippen molar-refractivity contribution in [2.75, 3.05) is 26.7 Å². The van der Waals surface area contributed by atoms with Crippen LogP contribution in [-0.2, 0) is 6.42 Å². The maximum Gasteiger partial charge on any atom is 0.317 e. The number of Topliss-reactive ketones (excluding diaryl/α,β-unsaturated/α-hetero) is 1. The number of benzene rings is 2. The van der Waals surface area contributed by atoms with Gasteiger partial charge in [0.25, 0.3) is 5.56 Å². The molecule has 0 radical (unpaired) electrons. The summed E-state index contributed by atoms with van der Waals surface area (Å²) in [5.41, 5.74) is 1.13. The van der Waals surface area contributed by atoms with Gasteiger partial charge in [0.1, 0.15) is 11.6 Å². The molecular formula is C24H26N4O4. The molecule has 166 valence electrons. The highest BCUT2D eigenvalue weighted by Crippen LogP contribution is 2.23. The van der Waals surface area contributed by atoms with Crippen LogP contribution < -0.4 is 15.6 Å². The van der Waals surface area contributed by atoms with Crippen molar-refractivity contribution in [3.63, 3.8) is 0 Å². The second-order valence-corrected chi connectivity index (χ2v) is 7.87. The van der Waals surface area contributed by atoms with E-state index in [4.69, 9.17) is 4.74 Å². The number of para-hydroxylation sites is 1. The van der Waals surface area contributed by atoms with E-state index >= 15 is 0 Å². The molecule has 1 aliphatic heterocycles. The molecule has 0 aliphatic carbocycles. The Labute approximate surface area is 185 Å². The molecule has 2 amide bonds. The third-order valence-corrected chi connectivity index (χ3v) is 5.83. The van der Waals surface area contributed by atoms with E-state index < -0.39 is 0 Å². The van der Waals surface area contributed by atoms with Gasteiger partial charge in [-0.2, -0.15) is 0 Å². The van der Waals surface area contributed by atoms with Gasteiger partial charge < -0.3 is 19.9 Å². The zero-order valence-corrected chi connectivity index (χ0v) is 18.0. The van der Waals surface area contributed by atoms with Crippen molar-refractivity contribution in [2.24, 2.45) is 5.92 Å². The molecule has 2 aromatic carbocycles. The molecule has 8 heteroatoms. The van der Waals surface area contributed by atoms with Gasteiger partial charge in [-0.05, 0) is 49.2 Å². The van der Waals surface area contributed by atoms with Crippen LogP contribution in [0.1, 0.15) is 29.0 Å². The molecule has 1 fully saturated rings. The van der Waals surface area contributed by atoms with Gasteiger partial charge in [-0.3, -0.25) is 9.59 Å². The Morgan fingerprint density at radius 1 is 1.12 bits per heavy atom. The average molecular weight is 434 g/mol. The number of urea groups is 1. The lowest BCUT2D eigenvalue weighted by molar-refractivity contribution is 0.0854. The Bertz CT molecular complexity index is 1160. The molecule has 0 unspecified atom stereocenters. The number of ether oxygens (including phenoxy) is 1. The first kappa shape index (κ1) is 21.5. The van der Waals surface area contributed by atoms with Crippen LogP contribution in [0.3, 0.4) is 0 Å². The van der Waals surface area contributed by atoms with Gasteiger partial charge in [-0.1, -0.05) is 12.1 Å². The number of amides is 2. The number of methoxy groups -OCH3 is 1. The Balaban J connectivity index is 1.25. The molecule has 0 atom stereocenters. The number of hydrogen-bond acceptors (Lipinski definition) is 5. The van der Waals surface area contributed by atoms with E-state index in [1.807, 2.05) is 6.07 Å². The van der Waals surface area contributed by atoms with Crippen molar-refractivity contribution in [1.29, 1.82) is 0 Å². The Morgan fingerprint density at radius 3 is 2.56 bits per heavy atom. The van der Waals surface area contributed by atoms with Crippen molar-refractivity contribution in [2.45, 2.75) is 19.3 Å². The number of rotatable bonds is 6. The summed E-state index contributed by atoms with van der Waals surface area (Å²) in [4.78, 5) is 46.3. The minimum Gasteiger partial charge on any atom is -0.497 e. The van der Waals surface area contributed by atoms with Crippen LogP contribution >= 0.6 is 0 Å². The number of carbonyl (C=O) groups excluding carboxylic acids is 2. The number of aromatic nitrogens is 2. The fraction of sp³-hybridized carbons (Fsp3) is 0.333. The van der Waals surface area contributed by atoms with Gasteiger partial charge in [-0.15, -0.1) is 0 Å². The van der Waals surface area contributed by atoms with Gasteiger partial charge in [0.2, 0.25) is 0 Å². The summed E-state index contributed by atoms with van der Waals surface area (Å²) in [6.45, 7) is 1.43. The molecule has 1 aromatic heterocycles. The van der Waals surface area contributed by atoms with Crippen LogP contribution in [0.4, 0.5) is 4.79 Å². The summed E-state index contributed by atoms with van der Waals surface area (Å²) in [5.74, 6) is 1.28. The van der Waals surface area contributed by atoms with Crippen LogP contribution in [0.25, 0.3) is 10.9 Å². The quantitative estimate of drug-likeness (QED) is 0.581. The van der Waals surface area contributed by atoms with Gasteiger partial charge >= 0.3 is 6.03 Å². The van der Waals surface area contributed by atoms with Crippen molar-refractivity contribution in [1.82, 2.24) is 20.2 Å². The summed E-state index contributed by atoms with van der Waals surface area (Å²) in [6, 6.07) is 14.1. The normalized spacial score (nSPS) is 14.3. The Hall–Kier alpha value is -3.68. The highest BCUT2D eigenvalue weighted by molar-refractivity contribution is 5.98. The molecule has 1 aliphatic rings. The van der Waals surface area contributed by atoms with E-state index in [0.717, 1.165) is 5.75 Å². The summed E-state index contributed by atoms with van der Waals surface area (Å²) in [7, 11) is 1.59. The second kappa shape index (κ2) is 9.64. The lowest BCUT2D eigenvalue weighted by Crippen LogP contribution is -2.46. The number of nitrogens with one attached hydrogen (secondary N) is 2. The SMILES string of the molecule is COc1ccc(C(=O)C2CCN(C(=O)NCCc3nc4ccccc4c(=O)[nH]3)CC2)cc1. The predicted molar refractivity (Wildman–Crippen MR) is 121 cm³/mol. The molecule has 1 saturated heterocycles. The average Bonchev–Trinajstić information content (AvgIpc) is 2.84. The number of carbonyl (C=O) groups is 2. The zero-order chi connectivity index (χ0) is 22.5. The van der Waals surface area contributed by atoms with Crippen LogP contribution in [0.15, 0.2) is 53.3 Å². The van der Waals surface area contributed by atoms with E-state index in [1.165, 1.54) is 0 Å². The van der Waals surface area contributed by atoms with Crippen molar-refractivity contribution in [3.8, 4) is 5.75 Å². The van der Waals surface area contributed by atoms with E-state index in [0.29, 0.717) is 61.2 Å². The van der Waals surface area contributed by atoms with E-state index in [-0.39, 0.29) is 23.3 Å². The molecule has 0 bridgehead atoms. The first-order valence-electron chi connectivity index (χ1n) is 10.7. The van der Waals surface area contributed by atoms with Crippen LogP contribution in [0.5, 0.6) is 5.75 Å². The Kier molecular flexibility index (Phi) is 6.49. The second-order valence-electron chi connectivity index (χ2n) is 7.87. The lowest BCUT2D eigenvalue weighted by atomic mass is 9.89. The number of piperidine rings is 1. The van der Waals surface area contributed by atoms with E-state index in [9.17, 15) is 14.4 Å². The number of H-pyrrole nitrogens is 1. The number of hydrogen-bond donors (Lipinski definition) is 2. The van der Waals surface area contributed by atoms with Crippen molar-refractivity contribution < 1.29 is 14.3 Å². The number of ketones is 1.